The smallest absolute Gasteiger partial charge is 0.243 e. The van der Waals surface area contributed by atoms with Crippen molar-refractivity contribution in [2.75, 3.05) is 7.11 Å². The van der Waals surface area contributed by atoms with Crippen LogP contribution in [0, 0.1) is 4.77 Å². The Labute approximate surface area is 154 Å². The Morgan fingerprint density at radius 1 is 1.40 bits per heavy atom. The molecular weight excluding hydrogens is 356 g/mol. The number of amides is 1. The lowest BCUT2D eigenvalue weighted by atomic mass is 10.2. The number of hydrogen-bond acceptors (Lipinski definition) is 5. The monoisotopic (exact) mass is 374 g/mol. The number of methoxy groups -OCH3 is 1. The van der Waals surface area contributed by atoms with Crippen LogP contribution in [0.25, 0.3) is 10.7 Å². The maximum absolute atomic E-state index is 12.6. The van der Waals surface area contributed by atoms with Gasteiger partial charge in [0, 0.05) is 12.1 Å². The van der Waals surface area contributed by atoms with Crippen molar-refractivity contribution in [3.63, 3.8) is 0 Å². The molecule has 2 N–H and O–H groups in total. The molecule has 1 amide bonds. The molecule has 25 heavy (non-hydrogen) atoms. The van der Waals surface area contributed by atoms with Gasteiger partial charge < -0.3 is 10.1 Å². The summed E-state index contributed by atoms with van der Waals surface area (Å²) >= 11 is 6.86. The average Bonchev–Trinajstić information content (AvgIpc) is 3.28. The number of nitrogens with zero attached hydrogens (tertiary/aromatic N) is 2. The summed E-state index contributed by atoms with van der Waals surface area (Å²) in [4.78, 5) is 13.6. The summed E-state index contributed by atoms with van der Waals surface area (Å²) in [5.74, 6) is 1.27. The Morgan fingerprint density at radius 3 is 2.92 bits per heavy atom. The zero-order valence-electron chi connectivity index (χ0n) is 13.9. The minimum absolute atomic E-state index is 0.138. The molecule has 2 heterocycles. The maximum Gasteiger partial charge on any atom is 0.243 e. The summed E-state index contributed by atoms with van der Waals surface area (Å²) in [6.45, 7) is 2.19. The van der Waals surface area contributed by atoms with Crippen LogP contribution in [0.4, 0.5) is 0 Å². The minimum atomic E-state index is -0.488. The minimum Gasteiger partial charge on any atom is -0.496 e. The number of carbonyl (C=O) groups is 1. The third kappa shape index (κ3) is 3.64. The van der Waals surface area contributed by atoms with Crippen LogP contribution in [0.2, 0.25) is 0 Å². The molecule has 6 nitrogen and oxygen atoms in total. The van der Waals surface area contributed by atoms with E-state index in [1.165, 1.54) is 0 Å². The molecule has 130 valence electrons. The number of aromatic nitrogens is 3. The predicted octanol–water partition coefficient (Wildman–Crippen LogP) is 3.56. The van der Waals surface area contributed by atoms with Gasteiger partial charge in [0.1, 0.15) is 11.8 Å². The van der Waals surface area contributed by atoms with E-state index in [0.29, 0.717) is 17.1 Å². The summed E-state index contributed by atoms with van der Waals surface area (Å²) in [5.41, 5.74) is 0.917. The Balaban J connectivity index is 1.78. The van der Waals surface area contributed by atoms with Gasteiger partial charge in [0.2, 0.25) is 5.91 Å². The van der Waals surface area contributed by atoms with Gasteiger partial charge in [0.15, 0.2) is 10.6 Å². The van der Waals surface area contributed by atoms with Crippen molar-refractivity contribution < 1.29 is 9.53 Å². The molecule has 0 aliphatic rings. The average molecular weight is 374 g/mol. The van der Waals surface area contributed by atoms with Crippen LogP contribution in [0.3, 0.4) is 0 Å². The van der Waals surface area contributed by atoms with Crippen molar-refractivity contribution in [3.05, 3.63) is 52.1 Å². The summed E-state index contributed by atoms with van der Waals surface area (Å²) in [5, 5.41) is 11.9. The van der Waals surface area contributed by atoms with E-state index < -0.39 is 6.04 Å². The van der Waals surface area contributed by atoms with E-state index in [2.05, 4.69) is 15.5 Å². The van der Waals surface area contributed by atoms with Crippen molar-refractivity contribution in [1.29, 1.82) is 0 Å². The van der Waals surface area contributed by atoms with Crippen molar-refractivity contribution >= 4 is 29.5 Å². The molecule has 2 aromatic heterocycles. The second-order valence-electron chi connectivity index (χ2n) is 5.41. The number of rotatable bonds is 6. The number of thiophene rings is 1. The number of ether oxygens (including phenoxy) is 1. The molecule has 0 bridgehead atoms. The first kappa shape index (κ1) is 17.4. The summed E-state index contributed by atoms with van der Waals surface area (Å²) in [6.07, 6.45) is 0. The summed E-state index contributed by atoms with van der Waals surface area (Å²) < 4.78 is 7.47. The fourth-order valence-corrected chi connectivity index (χ4v) is 3.54. The number of nitrogens with one attached hydrogen (secondary N) is 2. The topological polar surface area (TPSA) is 71.9 Å². The van der Waals surface area contributed by atoms with E-state index in [-0.39, 0.29) is 5.91 Å². The Hall–Kier alpha value is -2.45. The first-order valence-corrected chi connectivity index (χ1v) is 9.01. The summed E-state index contributed by atoms with van der Waals surface area (Å²) in [7, 11) is 1.61. The van der Waals surface area contributed by atoms with E-state index in [9.17, 15) is 4.79 Å². The molecule has 0 aliphatic carbocycles. The highest BCUT2D eigenvalue weighted by Gasteiger charge is 2.21. The number of aromatic amines is 1. The van der Waals surface area contributed by atoms with Gasteiger partial charge in [-0.1, -0.05) is 24.3 Å². The van der Waals surface area contributed by atoms with Crippen LogP contribution in [-0.2, 0) is 11.3 Å². The molecule has 0 saturated heterocycles. The molecule has 3 aromatic rings. The molecule has 0 radical (unpaired) electrons. The Morgan fingerprint density at radius 2 is 2.20 bits per heavy atom. The fraction of sp³-hybridized carbons (Fsp3) is 0.235. The standard InChI is InChI=1S/C17H18N4O2S2/c1-11(16(22)18-10-12-6-3-4-7-13(12)23-2)21-15(19-20-17(21)24)14-8-5-9-25-14/h3-9,11H,10H2,1-2H3,(H,18,22)(H,20,24)/t11-/m0/s1. The largest absolute Gasteiger partial charge is 0.496 e. The second-order valence-corrected chi connectivity index (χ2v) is 6.74. The first-order valence-electron chi connectivity index (χ1n) is 7.72. The molecule has 0 fully saturated rings. The lowest BCUT2D eigenvalue weighted by Crippen LogP contribution is -2.31. The molecule has 0 spiro atoms. The lowest BCUT2D eigenvalue weighted by molar-refractivity contribution is -0.124. The van der Waals surface area contributed by atoms with Gasteiger partial charge in [-0.15, -0.1) is 11.3 Å². The third-order valence-electron chi connectivity index (χ3n) is 3.86. The normalized spacial score (nSPS) is 11.9. The highest BCUT2D eigenvalue weighted by Crippen LogP contribution is 2.25. The van der Waals surface area contributed by atoms with Crippen molar-refractivity contribution in [1.82, 2.24) is 20.1 Å². The molecule has 3 rings (SSSR count). The van der Waals surface area contributed by atoms with Crippen molar-refractivity contribution in [2.24, 2.45) is 0 Å². The van der Waals surface area contributed by atoms with Crippen LogP contribution >= 0.6 is 23.6 Å². The fourth-order valence-electron chi connectivity index (χ4n) is 2.54. The van der Waals surface area contributed by atoms with Crippen LogP contribution < -0.4 is 10.1 Å². The Bertz CT molecular complexity index is 915. The molecule has 1 atom stereocenters. The lowest BCUT2D eigenvalue weighted by Gasteiger charge is -2.16. The SMILES string of the molecule is COc1ccccc1CNC(=O)[C@H](C)n1c(-c2cccs2)n[nH]c1=S. The molecular formula is C17H18N4O2S2. The third-order valence-corrected chi connectivity index (χ3v) is 5.01. The van der Waals surface area contributed by atoms with Crippen LogP contribution in [0.15, 0.2) is 41.8 Å². The van der Waals surface area contributed by atoms with Gasteiger partial charge >= 0.3 is 0 Å². The van der Waals surface area contributed by atoms with Crippen LogP contribution in [-0.4, -0.2) is 27.8 Å². The van der Waals surface area contributed by atoms with Gasteiger partial charge in [-0.25, -0.2) is 0 Å². The van der Waals surface area contributed by atoms with E-state index in [0.717, 1.165) is 16.2 Å². The van der Waals surface area contributed by atoms with Gasteiger partial charge in [-0.05, 0) is 36.7 Å². The number of carbonyl (C=O) groups excluding carboxylic acids is 1. The number of H-pyrrole nitrogens is 1. The van der Waals surface area contributed by atoms with Crippen LogP contribution in [0.1, 0.15) is 18.5 Å². The molecule has 8 heteroatoms. The molecule has 0 saturated carbocycles. The van der Waals surface area contributed by atoms with E-state index in [4.69, 9.17) is 17.0 Å². The molecule has 1 aromatic carbocycles. The van der Waals surface area contributed by atoms with Gasteiger partial charge in [0.25, 0.3) is 0 Å². The number of para-hydroxylation sites is 1. The molecule has 0 unspecified atom stereocenters. The first-order chi connectivity index (χ1) is 12.1. The predicted molar refractivity (Wildman–Crippen MR) is 100 cm³/mol. The van der Waals surface area contributed by atoms with Gasteiger partial charge in [-0.3, -0.25) is 14.5 Å². The van der Waals surface area contributed by atoms with Crippen molar-refractivity contribution in [3.8, 4) is 16.5 Å². The van der Waals surface area contributed by atoms with E-state index >= 15 is 0 Å². The molecule has 0 aliphatic heterocycles. The quantitative estimate of drug-likeness (QED) is 0.647. The number of benzene rings is 1. The highest BCUT2D eigenvalue weighted by molar-refractivity contribution is 7.71. The summed E-state index contributed by atoms with van der Waals surface area (Å²) in [6, 6.07) is 11.0. The van der Waals surface area contributed by atoms with E-state index in [1.54, 1.807) is 29.9 Å². The highest BCUT2D eigenvalue weighted by atomic mass is 32.1. The van der Waals surface area contributed by atoms with Gasteiger partial charge in [-0.2, -0.15) is 5.10 Å². The second kappa shape index (κ2) is 7.62. The zero-order chi connectivity index (χ0) is 17.8. The zero-order valence-corrected chi connectivity index (χ0v) is 15.5. The Kier molecular flexibility index (Phi) is 5.30. The van der Waals surface area contributed by atoms with Crippen LogP contribution in [0.5, 0.6) is 5.75 Å². The maximum atomic E-state index is 12.6. The van der Waals surface area contributed by atoms with Crippen molar-refractivity contribution in [2.45, 2.75) is 19.5 Å². The van der Waals surface area contributed by atoms with E-state index in [1.807, 2.05) is 41.8 Å². The van der Waals surface area contributed by atoms with Gasteiger partial charge in [0.05, 0.1) is 12.0 Å². The number of hydrogen-bond donors (Lipinski definition) is 2.